The van der Waals surface area contributed by atoms with Gasteiger partial charge in [0, 0.05) is 146 Å². The summed E-state index contributed by atoms with van der Waals surface area (Å²) >= 11 is 6.60. The Morgan fingerprint density at radius 2 is 0.951 bits per heavy atom. The number of halogens is 2. The minimum atomic E-state index is -0.905. The number of aryl methyl sites for hydroxylation is 1. The zero-order valence-corrected chi connectivity index (χ0v) is 73.6. The fourth-order valence-electron chi connectivity index (χ4n) is 11.3. The van der Waals surface area contributed by atoms with E-state index in [-0.39, 0.29) is 147 Å². The second kappa shape index (κ2) is 57.2. The molecule has 0 aliphatic carbocycles. The average Bonchev–Trinajstić information content (AvgIpc) is 1.59. The van der Waals surface area contributed by atoms with E-state index >= 15 is 0 Å². The number of aromatic nitrogens is 6. The first kappa shape index (κ1) is 115. The van der Waals surface area contributed by atoms with E-state index in [1.54, 1.807) is 55.3 Å². The van der Waals surface area contributed by atoms with E-state index < -0.39 is 35.5 Å². The number of aliphatic imine (C=N–C) groups is 1. The Kier molecular flexibility index (Phi) is 53.4. The monoisotopic (exact) mass is 1850 g/mol. The molecule has 36 heteroatoms. The maximum absolute atomic E-state index is 12.9. The van der Waals surface area contributed by atoms with Crippen molar-refractivity contribution in [1.82, 2.24) is 50.8 Å². The number of carbonyl (C=O) groups is 8. The van der Waals surface area contributed by atoms with Crippen LogP contribution in [-0.4, -0.2) is 243 Å². The van der Waals surface area contributed by atoms with Crippen LogP contribution in [0, 0.1) is 6.92 Å². The van der Waals surface area contributed by atoms with E-state index in [1.165, 1.54) is 34.0 Å². The predicted octanol–water partition coefficient (Wildman–Crippen LogP) is 10.3. The number of esters is 2. The van der Waals surface area contributed by atoms with Crippen molar-refractivity contribution in [3.63, 3.8) is 0 Å². The molecule has 5 aliphatic rings. The molecule has 6 aromatic heterocycles. The molecule has 4 amide bonds. The molecule has 0 bridgehead atoms. The van der Waals surface area contributed by atoms with E-state index in [2.05, 4.69) is 122 Å². The molecular formula is C87H127Br2N16NaO17. The van der Waals surface area contributed by atoms with Gasteiger partial charge in [-0.1, -0.05) is 94.6 Å². The second-order valence-corrected chi connectivity index (χ2v) is 30.7. The number of carbonyl (C=O) groups excluding carboxylic acids is 7. The quantitative estimate of drug-likeness (QED) is 0.0205. The molecule has 12 rings (SSSR count). The summed E-state index contributed by atoms with van der Waals surface area (Å²) in [5, 5.41) is 20.4. The Bertz CT molecular complexity index is 4450. The Morgan fingerprint density at radius 3 is 1.35 bits per heavy atom. The van der Waals surface area contributed by atoms with Gasteiger partial charge in [-0.05, 0) is 153 Å². The number of ether oxygens (including phenoxy) is 7. The first-order chi connectivity index (χ1) is 54.7. The van der Waals surface area contributed by atoms with E-state index in [4.69, 9.17) is 24.3 Å². The summed E-state index contributed by atoms with van der Waals surface area (Å²) < 4.78 is 35.2. The number of alkyl carbamates (subject to hydrolysis) is 2. The van der Waals surface area contributed by atoms with Crippen molar-refractivity contribution in [3.05, 3.63) is 189 Å². The molecule has 672 valence electrons. The van der Waals surface area contributed by atoms with Gasteiger partial charge in [0.25, 0.3) is 0 Å². The fourth-order valence-corrected chi connectivity index (χ4v) is 12.1. The van der Waals surface area contributed by atoms with Gasteiger partial charge in [0.2, 0.25) is 11.8 Å². The van der Waals surface area contributed by atoms with Crippen LogP contribution in [0.3, 0.4) is 0 Å². The van der Waals surface area contributed by atoms with Crippen molar-refractivity contribution in [1.29, 1.82) is 0 Å². The van der Waals surface area contributed by atoms with Gasteiger partial charge in [-0.3, -0.25) is 48.9 Å². The Balaban J connectivity index is 0. The molecule has 11 heterocycles. The Labute approximate surface area is 764 Å². The number of hydrogen-bond acceptors (Lipinski definition) is 28. The number of aliphatic carboxylic acids is 1. The summed E-state index contributed by atoms with van der Waals surface area (Å²) in [6.45, 7) is 20.8. The number of carboxylic acids is 1. The molecule has 1 aromatic carbocycles. The number of nitrogens with one attached hydrogen (secondary N) is 4. The van der Waals surface area contributed by atoms with Crippen LogP contribution in [0.15, 0.2) is 154 Å². The second-order valence-electron chi connectivity index (χ2n) is 28.9. The van der Waals surface area contributed by atoms with Gasteiger partial charge in [-0.25, -0.2) is 24.4 Å². The number of methoxy groups -OCH3 is 4. The Hall–Kier alpha value is -10.3. The van der Waals surface area contributed by atoms with E-state index in [1.807, 2.05) is 153 Å². The molecule has 33 nitrogen and oxygen atoms in total. The van der Waals surface area contributed by atoms with Gasteiger partial charge < -0.3 is 89.5 Å². The van der Waals surface area contributed by atoms with Crippen LogP contribution >= 0.6 is 31.9 Å². The molecule has 0 atom stereocenters. The molecule has 4 saturated heterocycles. The van der Waals surface area contributed by atoms with Crippen LogP contribution in [0.5, 0.6) is 0 Å². The number of pyridine rings is 6. The van der Waals surface area contributed by atoms with Crippen molar-refractivity contribution in [2.45, 2.75) is 154 Å². The molecule has 7 aromatic rings. The van der Waals surface area contributed by atoms with Gasteiger partial charge in [0.1, 0.15) is 16.9 Å². The zero-order valence-electron chi connectivity index (χ0n) is 68.5. The summed E-state index contributed by atoms with van der Waals surface area (Å²) in [5.41, 5.74) is 10.4. The van der Waals surface area contributed by atoms with Crippen LogP contribution in [0.1, 0.15) is 126 Å². The summed E-state index contributed by atoms with van der Waals surface area (Å²) in [5.74, 6) is -0.784. The summed E-state index contributed by atoms with van der Waals surface area (Å²) in [4.78, 5) is 132. The minimum Gasteiger partial charge on any atom is -0.870 e. The number of benzene rings is 1. The number of fused-ring (bicyclic) bond motifs is 1. The Morgan fingerprint density at radius 1 is 0.537 bits per heavy atom. The number of carboxylic acid groups (broad SMARTS) is 1. The van der Waals surface area contributed by atoms with E-state index in [0.29, 0.717) is 62.2 Å². The van der Waals surface area contributed by atoms with Crippen molar-refractivity contribution >= 4 is 120 Å². The number of rotatable bonds is 20. The number of morpholine rings is 1. The number of likely N-dealkylation sites (N-methyl/N-ethyl adjacent to an activating group) is 1. The van der Waals surface area contributed by atoms with Crippen LogP contribution in [0.2, 0.25) is 0 Å². The predicted molar refractivity (Wildman–Crippen MR) is 484 cm³/mol. The van der Waals surface area contributed by atoms with E-state index in [9.17, 15) is 38.4 Å². The van der Waals surface area contributed by atoms with Crippen molar-refractivity contribution in [2.24, 2.45) is 4.99 Å². The topological polar surface area (TPSA) is 405 Å². The standard InChI is InChI=1S/C33H38N8O3.C16H23N3O4.C15H21N3O4.C8H8BrNO2.C6H6BrN.C3H6O3.6CH4.Na.H2O/c1-39(2)13-3-4-30(42)37-27-21-41(22-27)28-10-12-34-26(19-28)20-31(43)36-25-7-5-23(6-8-25)29-18-24-9-11-35-33(32(24)38-29)40-14-16-44-17-15-40;1-16(2,3)23-15(21)18-12-9-19(10-12)13-5-6-17-11(7-13)8-14(20)22-4;1-15(2,3)22-14(21)17-11-8-18(9-11)12-4-5-16-10(6-12)7-13(19)20;1-12-8(11)5-7-4-6(9)2-3-10-7;1-5-4-6(7)2-3-8-5;1-5-3(4)6-2;;;;;;;;/h3-12,19,27H,13-18,20-22H2,1-2H3,(H,36,43)(H,37,42);5-7,12H,8-10H2,1-4H3,(H,18,21);4-6,11H,7-9H2,1-3H3,(H,17,21)(H,19,20);2-4H,5H2,1H3;2-4H,1H3;1-2H3;6*1H4;;1H2/q;;;;;;;;;;;;+1;/p-1/b4-3+;;;;;;;;;;;;;. The van der Waals surface area contributed by atoms with Gasteiger partial charge in [-0.2, -0.15) is 0 Å². The average molecular weight is 1850 g/mol. The number of amides is 4. The number of hydrogen-bond donors (Lipinski definition) is 5. The van der Waals surface area contributed by atoms with Crippen molar-refractivity contribution in [3.8, 4) is 0 Å². The van der Waals surface area contributed by atoms with E-state index in [0.717, 1.165) is 99.3 Å². The van der Waals surface area contributed by atoms with Gasteiger partial charge in [-0.15, -0.1) is 0 Å². The third-order valence-corrected chi connectivity index (χ3v) is 17.8. The maximum atomic E-state index is 12.9. The van der Waals surface area contributed by atoms with Gasteiger partial charge >= 0.3 is 65.8 Å². The normalized spacial score (nSPS) is 13.3. The smallest absolute Gasteiger partial charge is 0.870 e. The summed E-state index contributed by atoms with van der Waals surface area (Å²) in [7, 11) is 9.15. The summed E-state index contributed by atoms with van der Waals surface area (Å²) in [6.07, 6.45) is 13.4. The molecule has 123 heavy (non-hydrogen) atoms. The third-order valence-electron chi connectivity index (χ3n) is 16.8. The fraction of sp³-hybridized carbons (Fsp3) is 0.460. The number of anilines is 5. The van der Waals surface area contributed by atoms with Gasteiger partial charge in [0.15, 0.2) is 5.82 Å². The molecule has 0 unspecified atom stereocenters. The third kappa shape index (κ3) is 41.6. The van der Waals surface area contributed by atoms with Crippen LogP contribution in [0.25, 0.3) is 0 Å². The van der Waals surface area contributed by atoms with Crippen molar-refractivity contribution < 1.29 is 112 Å². The molecule has 4 fully saturated rings. The summed E-state index contributed by atoms with van der Waals surface area (Å²) in [6, 6.07) is 28.7. The first-order valence-electron chi connectivity index (χ1n) is 36.9. The zero-order chi connectivity index (χ0) is 83.8. The molecule has 0 spiro atoms. The maximum Gasteiger partial charge on any atom is 1.00 e. The molecule has 6 N–H and O–H groups in total. The van der Waals surface area contributed by atoms with Crippen molar-refractivity contribution in [2.75, 3.05) is 140 Å². The van der Waals surface area contributed by atoms with Crippen LogP contribution in [-0.2, 0) is 89.2 Å². The van der Waals surface area contributed by atoms with Crippen LogP contribution in [0.4, 0.5) is 48.6 Å². The molecule has 0 radical (unpaired) electrons. The van der Waals surface area contributed by atoms with Gasteiger partial charge in [0.05, 0.1) is 114 Å². The minimum absolute atomic E-state index is 0. The molecule has 5 aliphatic heterocycles. The SMILES string of the molecule is C.C.C.C.C.C.CC(C)(C)OC(=O)NC1CN(c2ccnc(CC(=O)O)c2)C1.CN(C)C/C=C/C(=O)NC1CN(c2ccnc(CC(=O)Nc3ccc(C4=Nc5c(ccnc5N5CCOCC5)C4)cc3)c2)C1.COC(=O)Cc1cc(Br)ccn1.COC(=O)Cc1cc(N2CC(NC(=O)OC(C)(C)C)C2)ccn1.COC(=O)OC.Cc1cc(Br)ccn1.[Na+].[OH-]. The largest absolute Gasteiger partial charge is 1.00 e. The number of nitrogens with zero attached hydrogens (tertiary/aromatic N) is 12. The molecule has 0 saturated carbocycles. The van der Waals surface area contributed by atoms with Crippen LogP contribution < -0.4 is 70.4 Å². The first-order valence-corrected chi connectivity index (χ1v) is 38.5. The molecular weight excluding hydrogens is 1720 g/mol.